The van der Waals surface area contributed by atoms with Gasteiger partial charge in [0.2, 0.25) is 0 Å². The van der Waals surface area contributed by atoms with E-state index in [2.05, 4.69) is 0 Å². The molecule has 1 atom stereocenters. The highest BCUT2D eigenvalue weighted by Crippen LogP contribution is 2.37. The first-order chi connectivity index (χ1) is 8.64. The van der Waals surface area contributed by atoms with Gasteiger partial charge in [0.1, 0.15) is 6.04 Å². The maximum atomic E-state index is 12.6. The second-order valence-corrected chi connectivity index (χ2v) is 6.84. The average Bonchev–Trinajstić information content (AvgIpc) is 2.81. The summed E-state index contributed by atoms with van der Waals surface area (Å²) >= 11 is 1.21. The predicted octanol–water partition coefficient (Wildman–Crippen LogP) is 2.31. The van der Waals surface area contributed by atoms with Gasteiger partial charge in [-0.1, -0.05) is 6.07 Å². The second-order valence-electron chi connectivity index (χ2n) is 5.69. The fourth-order valence-corrected chi connectivity index (χ4v) is 2.73. The van der Waals surface area contributed by atoms with Gasteiger partial charge in [-0.05, 0) is 33.8 Å². The maximum Gasteiger partial charge on any atom is 0.505 e. The summed E-state index contributed by atoms with van der Waals surface area (Å²) in [6, 6.07) is 2.10. The van der Waals surface area contributed by atoms with Gasteiger partial charge in [-0.25, -0.2) is 8.78 Å². The molecule has 2 heterocycles. The number of alkyl halides is 2. The van der Waals surface area contributed by atoms with Crippen LogP contribution in [0, 0.1) is 0 Å². The molecule has 2 rings (SSSR count). The summed E-state index contributed by atoms with van der Waals surface area (Å²) in [7, 11) is -0.520. The van der Waals surface area contributed by atoms with E-state index < -0.39 is 30.8 Å². The predicted molar refractivity (Wildman–Crippen MR) is 73.0 cm³/mol. The molecule has 2 N–H and O–H groups in total. The molecule has 0 spiro atoms. The normalized spacial score (nSPS) is 23.1. The Hall–Kier alpha value is -0.495. The first-order valence-corrected chi connectivity index (χ1v) is 6.95. The van der Waals surface area contributed by atoms with Crippen LogP contribution in [0.1, 0.15) is 38.6 Å². The number of hydrogen-bond acceptors (Lipinski definition) is 4. The largest absolute Gasteiger partial charge is 0.505 e. The first-order valence-electron chi connectivity index (χ1n) is 6.13. The van der Waals surface area contributed by atoms with Gasteiger partial charge in [0.25, 0.3) is 6.43 Å². The number of thiophene rings is 1. The molecule has 1 fully saturated rings. The van der Waals surface area contributed by atoms with Crippen molar-refractivity contribution in [2.75, 3.05) is 0 Å². The number of nitrogens with two attached hydrogens (primary N) is 1. The molecule has 1 unspecified atom stereocenters. The van der Waals surface area contributed by atoms with Crippen molar-refractivity contribution in [3.8, 4) is 0 Å². The summed E-state index contributed by atoms with van der Waals surface area (Å²) in [5.41, 5.74) is 4.56. The van der Waals surface area contributed by atoms with Crippen LogP contribution in [0.3, 0.4) is 0 Å². The summed E-state index contributed by atoms with van der Waals surface area (Å²) in [6.07, 6.45) is -2.57. The molecule has 0 amide bonds. The van der Waals surface area contributed by atoms with Crippen molar-refractivity contribution in [2.24, 2.45) is 5.73 Å². The Morgan fingerprint density at radius 2 is 1.68 bits per heavy atom. The zero-order chi connectivity index (χ0) is 14.4. The molecule has 19 heavy (non-hydrogen) atoms. The molecular weight excluding hydrogens is 271 g/mol. The van der Waals surface area contributed by atoms with Gasteiger partial charge in [0, 0.05) is 9.65 Å². The van der Waals surface area contributed by atoms with E-state index >= 15 is 0 Å². The van der Waals surface area contributed by atoms with Gasteiger partial charge in [0.05, 0.1) is 11.2 Å². The molecule has 1 aliphatic heterocycles. The molecule has 7 heteroatoms. The topological polar surface area (TPSA) is 44.5 Å². The molecule has 1 aliphatic rings. The fourth-order valence-electron chi connectivity index (χ4n) is 1.76. The standard InChI is InChI=1S/C12H18BF2NO2S/c1-11(2)12(3,4)18-13(17-11)8-6-5-7(19-8)9(16)10(14)15/h5-6,9-10H,16H2,1-4H3. The van der Waals surface area contributed by atoms with E-state index in [1.807, 2.05) is 27.7 Å². The van der Waals surface area contributed by atoms with Crippen LogP contribution in [0.4, 0.5) is 8.78 Å². The highest BCUT2D eigenvalue weighted by molar-refractivity contribution is 7.22. The van der Waals surface area contributed by atoms with Crippen LogP contribution >= 0.6 is 11.3 Å². The molecule has 0 aliphatic carbocycles. The number of hydrogen-bond donors (Lipinski definition) is 1. The monoisotopic (exact) mass is 289 g/mol. The lowest BCUT2D eigenvalue weighted by Gasteiger charge is -2.32. The van der Waals surface area contributed by atoms with Crippen molar-refractivity contribution in [1.82, 2.24) is 0 Å². The summed E-state index contributed by atoms with van der Waals surface area (Å²) in [4.78, 5) is 0.444. The van der Waals surface area contributed by atoms with Crippen molar-refractivity contribution in [3.63, 3.8) is 0 Å². The summed E-state index contributed by atoms with van der Waals surface area (Å²) < 4.78 is 37.6. The number of rotatable bonds is 3. The minimum absolute atomic E-state index is 0.438. The Morgan fingerprint density at radius 3 is 2.16 bits per heavy atom. The van der Waals surface area contributed by atoms with Crippen LogP contribution in [0.2, 0.25) is 0 Å². The van der Waals surface area contributed by atoms with Crippen LogP contribution in [0.25, 0.3) is 0 Å². The molecule has 0 aromatic carbocycles. The molecule has 0 saturated carbocycles. The van der Waals surface area contributed by atoms with Gasteiger partial charge in [-0.15, -0.1) is 11.3 Å². The zero-order valence-electron chi connectivity index (χ0n) is 11.4. The summed E-state index contributed by atoms with van der Waals surface area (Å²) in [6.45, 7) is 7.80. The summed E-state index contributed by atoms with van der Waals surface area (Å²) in [5.74, 6) is 0. The van der Waals surface area contributed by atoms with Gasteiger partial charge >= 0.3 is 7.12 Å². The smallest absolute Gasteiger partial charge is 0.399 e. The average molecular weight is 289 g/mol. The molecule has 0 bridgehead atoms. The van der Waals surface area contributed by atoms with Crippen molar-refractivity contribution in [2.45, 2.75) is 51.4 Å². The third-order valence-electron chi connectivity index (χ3n) is 3.73. The van der Waals surface area contributed by atoms with E-state index in [4.69, 9.17) is 15.0 Å². The Bertz CT molecular complexity index is 448. The SMILES string of the molecule is CC1(C)OB(c2ccc(C(N)C(F)F)s2)OC1(C)C. The molecule has 3 nitrogen and oxygen atoms in total. The van der Waals surface area contributed by atoms with Crippen molar-refractivity contribution in [3.05, 3.63) is 17.0 Å². The Balaban J connectivity index is 2.17. The molecule has 1 aromatic heterocycles. The van der Waals surface area contributed by atoms with Crippen LogP contribution in [-0.2, 0) is 9.31 Å². The van der Waals surface area contributed by atoms with Crippen molar-refractivity contribution >= 4 is 23.2 Å². The van der Waals surface area contributed by atoms with Crippen LogP contribution in [0.15, 0.2) is 12.1 Å². The number of halogens is 2. The lowest BCUT2D eigenvalue weighted by Crippen LogP contribution is -2.41. The van der Waals surface area contributed by atoms with E-state index in [1.165, 1.54) is 11.3 Å². The zero-order valence-corrected chi connectivity index (χ0v) is 12.3. The van der Waals surface area contributed by atoms with Gasteiger partial charge in [-0.2, -0.15) is 0 Å². The lowest BCUT2D eigenvalue weighted by molar-refractivity contribution is 0.00578. The van der Waals surface area contributed by atoms with E-state index in [0.717, 1.165) is 4.78 Å². The van der Waals surface area contributed by atoms with Crippen LogP contribution in [0.5, 0.6) is 0 Å². The van der Waals surface area contributed by atoms with Crippen molar-refractivity contribution < 1.29 is 18.1 Å². The van der Waals surface area contributed by atoms with E-state index in [1.54, 1.807) is 12.1 Å². The van der Waals surface area contributed by atoms with Crippen LogP contribution in [-0.4, -0.2) is 24.7 Å². The molecule has 106 valence electrons. The second kappa shape index (κ2) is 4.80. The highest BCUT2D eigenvalue weighted by atomic mass is 32.1. The summed E-state index contributed by atoms with van der Waals surface area (Å²) in [5, 5.41) is 0. The van der Waals surface area contributed by atoms with E-state index in [9.17, 15) is 8.78 Å². The first kappa shape index (κ1) is 14.9. The highest BCUT2D eigenvalue weighted by Gasteiger charge is 2.52. The minimum atomic E-state index is -2.57. The maximum absolute atomic E-state index is 12.6. The van der Waals surface area contributed by atoms with E-state index in [0.29, 0.717) is 4.88 Å². The van der Waals surface area contributed by atoms with Crippen molar-refractivity contribution in [1.29, 1.82) is 0 Å². The lowest BCUT2D eigenvalue weighted by atomic mass is 9.88. The van der Waals surface area contributed by atoms with Crippen LogP contribution < -0.4 is 10.5 Å². The third kappa shape index (κ3) is 2.70. The molecule has 0 radical (unpaired) electrons. The molecule has 1 aromatic rings. The minimum Gasteiger partial charge on any atom is -0.399 e. The van der Waals surface area contributed by atoms with Gasteiger partial charge in [0.15, 0.2) is 0 Å². The van der Waals surface area contributed by atoms with Gasteiger partial charge < -0.3 is 15.0 Å². The Morgan fingerprint density at radius 1 is 1.16 bits per heavy atom. The van der Waals surface area contributed by atoms with Gasteiger partial charge in [-0.3, -0.25) is 0 Å². The molecule has 1 saturated heterocycles. The van der Waals surface area contributed by atoms with E-state index in [-0.39, 0.29) is 0 Å². The molecular formula is C12H18BF2NO2S. The Labute approximate surface area is 116 Å². The fraction of sp³-hybridized carbons (Fsp3) is 0.667. The third-order valence-corrected chi connectivity index (χ3v) is 4.94. The Kier molecular flexibility index (Phi) is 3.77. The quantitative estimate of drug-likeness (QED) is 0.868.